The van der Waals surface area contributed by atoms with Gasteiger partial charge in [0.05, 0.1) is 13.2 Å². The Morgan fingerprint density at radius 3 is 2.77 bits per heavy atom. The van der Waals surface area contributed by atoms with Crippen molar-refractivity contribution >= 4 is 5.78 Å². The summed E-state index contributed by atoms with van der Waals surface area (Å²) in [5.74, 6) is 1.29. The molecule has 118 valence electrons. The summed E-state index contributed by atoms with van der Waals surface area (Å²) in [6, 6.07) is 8.02. The minimum absolute atomic E-state index is 0.196. The van der Waals surface area contributed by atoms with Crippen molar-refractivity contribution in [2.45, 2.75) is 37.7 Å². The van der Waals surface area contributed by atoms with Gasteiger partial charge in [0.25, 0.3) is 0 Å². The van der Waals surface area contributed by atoms with Crippen LogP contribution in [0.1, 0.15) is 37.2 Å². The van der Waals surface area contributed by atoms with Crippen molar-refractivity contribution in [2.24, 2.45) is 0 Å². The fourth-order valence-electron chi connectivity index (χ4n) is 3.18. The Morgan fingerprint density at radius 2 is 2.09 bits per heavy atom. The average Bonchev–Trinajstić information content (AvgIpc) is 3.06. The molecular formula is C18H23NO3. The molecule has 4 heteroatoms. The summed E-state index contributed by atoms with van der Waals surface area (Å²) in [4.78, 5) is 12.0. The predicted octanol–water partition coefficient (Wildman–Crippen LogP) is 2.79. The molecule has 0 radical (unpaired) electrons. The zero-order valence-corrected chi connectivity index (χ0v) is 13.0. The molecule has 2 aliphatic rings. The molecule has 22 heavy (non-hydrogen) atoms. The Kier molecular flexibility index (Phi) is 4.78. The highest BCUT2D eigenvalue weighted by Gasteiger charge is 2.23. The van der Waals surface area contributed by atoms with E-state index in [0.717, 1.165) is 43.9 Å². The first-order valence-corrected chi connectivity index (χ1v) is 7.97. The average molecular weight is 301 g/mol. The van der Waals surface area contributed by atoms with Crippen LogP contribution in [0, 0.1) is 0 Å². The van der Waals surface area contributed by atoms with E-state index >= 15 is 0 Å². The third-order valence-electron chi connectivity index (χ3n) is 4.42. The molecule has 1 N–H and O–H groups in total. The van der Waals surface area contributed by atoms with Crippen LogP contribution in [0.25, 0.3) is 0 Å². The molecular weight excluding hydrogens is 278 g/mol. The molecule has 1 aromatic rings. The van der Waals surface area contributed by atoms with Crippen LogP contribution >= 0.6 is 0 Å². The van der Waals surface area contributed by atoms with Gasteiger partial charge < -0.3 is 14.8 Å². The molecule has 0 aromatic heterocycles. The van der Waals surface area contributed by atoms with Crippen molar-refractivity contribution in [3.05, 3.63) is 41.6 Å². The maximum absolute atomic E-state index is 12.0. The van der Waals surface area contributed by atoms with Crippen LogP contribution in [0.15, 0.2) is 36.0 Å². The number of ether oxygens (including phenoxy) is 2. The second kappa shape index (κ2) is 6.97. The predicted molar refractivity (Wildman–Crippen MR) is 85.0 cm³/mol. The number of hydrogen-bond acceptors (Lipinski definition) is 4. The first-order valence-electron chi connectivity index (χ1n) is 7.97. The summed E-state index contributed by atoms with van der Waals surface area (Å²) >= 11 is 0. The summed E-state index contributed by atoms with van der Waals surface area (Å²) < 4.78 is 10.8. The second-order valence-electron chi connectivity index (χ2n) is 6.03. The third-order valence-corrected chi connectivity index (χ3v) is 4.42. The zero-order valence-electron chi connectivity index (χ0n) is 13.0. The first kappa shape index (κ1) is 15.1. The topological polar surface area (TPSA) is 47.6 Å². The molecule has 1 aliphatic heterocycles. The lowest BCUT2D eigenvalue weighted by molar-refractivity contribution is -0.115. The van der Waals surface area contributed by atoms with Crippen LogP contribution in [0.2, 0.25) is 0 Å². The van der Waals surface area contributed by atoms with Gasteiger partial charge in [-0.05, 0) is 42.9 Å². The van der Waals surface area contributed by atoms with E-state index in [9.17, 15) is 4.79 Å². The quantitative estimate of drug-likeness (QED) is 0.908. The maximum Gasteiger partial charge on any atom is 0.158 e. The van der Waals surface area contributed by atoms with Crippen molar-refractivity contribution in [1.82, 2.24) is 5.32 Å². The summed E-state index contributed by atoms with van der Waals surface area (Å²) in [7, 11) is 1.66. The third kappa shape index (κ3) is 3.69. The molecule has 1 fully saturated rings. The van der Waals surface area contributed by atoms with E-state index in [0.29, 0.717) is 6.42 Å². The lowest BCUT2D eigenvalue weighted by Crippen LogP contribution is -2.29. The highest BCUT2D eigenvalue weighted by Crippen LogP contribution is 2.31. The number of hydrogen-bond donors (Lipinski definition) is 1. The smallest absolute Gasteiger partial charge is 0.158 e. The van der Waals surface area contributed by atoms with Gasteiger partial charge in [-0.3, -0.25) is 4.79 Å². The summed E-state index contributed by atoms with van der Waals surface area (Å²) in [6.45, 7) is 1.66. The van der Waals surface area contributed by atoms with Crippen molar-refractivity contribution < 1.29 is 14.3 Å². The lowest BCUT2D eigenvalue weighted by atomic mass is 9.85. The van der Waals surface area contributed by atoms with Gasteiger partial charge >= 0.3 is 0 Å². The molecule has 1 aliphatic carbocycles. The number of allylic oxidation sites excluding steroid dienone is 2. The van der Waals surface area contributed by atoms with E-state index < -0.39 is 0 Å². The minimum Gasteiger partial charge on any atom is -0.497 e. The van der Waals surface area contributed by atoms with Crippen LogP contribution in [0.3, 0.4) is 0 Å². The number of carbonyl (C=O) groups is 1. The lowest BCUT2D eigenvalue weighted by Gasteiger charge is -2.24. The number of methoxy groups -OCH3 is 1. The van der Waals surface area contributed by atoms with E-state index in [-0.39, 0.29) is 17.8 Å². The fourth-order valence-corrected chi connectivity index (χ4v) is 3.18. The van der Waals surface area contributed by atoms with Gasteiger partial charge in [-0.15, -0.1) is 0 Å². The minimum atomic E-state index is 0.196. The Balaban J connectivity index is 1.62. The van der Waals surface area contributed by atoms with Crippen LogP contribution in [-0.2, 0) is 9.53 Å². The summed E-state index contributed by atoms with van der Waals surface area (Å²) in [6.07, 6.45) is 5.75. The largest absolute Gasteiger partial charge is 0.497 e. The van der Waals surface area contributed by atoms with Gasteiger partial charge in [0.1, 0.15) is 5.75 Å². The molecule has 1 aromatic carbocycles. The highest BCUT2D eigenvalue weighted by molar-refractivity contribution is 5.91. The van der Waals surface area contributed by atoms with Crippen LogP contribution in [0.5, 0.6) is 5.75 Å². The molecule has 1 heterocycles. The Labute approximate surface area is 131 Å². The zero-order chi connectivity index (χ0) is 15.4. The highest BCUT2D eigenvalue weighted by atomic mass is 16.5. The van der Waals surface area contributed by atoms with Gasteiger partial charge in [0.2, 0.25) is 0 Å². The number of rotatable bonds is 5. The molecule has 3 rings (SSSR count). The number of ketones is 1. The molecule has 0 amide bonds. The first-order chi connectivity index (χ1) is 10.7. The van der Waals surface area contributed by atoms with Crippen molar-refractivity contribution in [2.75, 3.05) is 20.3 Å². The summed E-state index contributed by atoms with van der Waals surface area (Å²) in [5.41, 5.74) is 2.23. The Bertz CT molecular complexity index is 544. The van der Waals surface area contributed by atoms with E-state index in [2.05, 4.69) is 17.4 Å². The van der Waals surface area contributed by atoms with E-state index in [1.807, 2.05) is 12.1 Å². The van der Waals surface area contributed by atoms with Crippen LogP contribution in [-0.4, -0.2) is 32.1 Å². The molecule has 0 saturated carbocycles. The molecule has 2 atom stereocenters. The maximum atomic E-state index is 12.0. The molecule has 0 spiro atoms. The standard InChI is InChI=1S/C18H23NO3/c1-21-17-6-4-13(5-7-17)14-9-15(11-16(20)10-14)19-12-18-3-2-8-22-18/h4-7,11,14,18-19H,2-3,8-10,12H2,1H3/t14-,18+/m0/s1. The molecule has 0 unspecified atom stereocenters. The van der Waals surface area contributed by atoms with E-state index in [1.54, 1.807) is 13.2 Å². The van der Waals surface area contributed by atoms with Crippen LogP contribution < -0.4 is 10.1 Å². The number of nitrogens with one attached hydrogen (secondary N) is 1. The molecule has 1 saturated heterocycles. The van der Waals surface area contributed by atoms with Gasteiger partial charge in [-0.2, -0.15) is 0 Å². The fraction of sp³-hybridized carbons (Fsp3) is 0.500. The van der Waals surface area contributed by atoms with Gasteiger partial charge in [-0.25, -0.2) is 0 Å². The van der Waals surface area contributed by atoms with Crippen molar-refractivity contribution in [3.63, 3.8) is 0 Å². The van der Waals surface area contributed by atoms with Crippen LogP contribution in [0.4, 0.5) is 0 Å². The SMILES string of the molecule is COc1ccc([C@@H]2CC(=O)C=C(NC[C@H]3CCCO3)C2)cc1. The molecule has 0 bridgehead atoms. The monoisotopic (exact) mass is 301 g/mol. The van der Waals surface area contributed by atoms with E-state index in [4.69, 9.17) is 9.47 Å². The van der Waals surface area contributed by atoms with Gasteiger partial charge in [0.15, 0.2) is 5.78 Å². The Hall–Kier alpha value is -1.81. The Morgan fingerprint density at radius 1 is 1.27 bits per heavy atom. The van der Waals surface area contributed by atoms with Crippen molar-refractivity contribution in [3.8, 4) is 5.75 Å². The number of carbonyl (C=O) groups excluding carboxylic acids is 1. The van der Waals surface area contributed by atoms with Gasteiger partial charge in [0, 0.05) is 31.3 Å². The van der Waals surface area contributed by atoms with Gasteiger partial charge in [-0.1, -0.05) is 12.1 Å². The number of benzene rings is 1. The van der Waals surface area contributed by atoms with Crippen molar-refractivity contribution in [1.29, 1.82) is 0 Å². The second-order valence-corrected chi connectivity index (χ2v) is 6.03. The molecule has 4 nitrogen and oxygen atoms in total. The normalized spacial score (nSPS) is 25.0. The summed E-state index contributed by atoms with van der Waals surface area (Å²) in [5, 5.41) is 3.41. The van der Waals surface area contributed by atoms with E-state index in [1.165, 1.54) is 5.56 Å².